The Morgan fingerprint density at radius 2 is 1.12 bits per heavy atom. The molecule has 0 aromatic carbocycles. The fraction of sp³-hybridized carbons (Fsp3) is 0.926. The molecule has 2 unspecified atom stereocenters. The summed E-state index contributed by atoms with van der Waals surface area (Å²) in [6.45, 7) is 4.62. The molecule has 32 heavy (non-hydrogen) atoms. The van der Waals surface area contributed by atoms with Crippen LogP contribution < -0.4 is 0 Å². The largest absolute Gasteiger partial charge is 0.385 e. The van der Waals surface area contributed by atoms with Crippen molar-refractivity contribution in [3.63, 3.8) is 0 Å². The van der Waals surface area contributed by atoms with Gasteiger partial charge in [-0.2, -0.15) is 0 Å². The maximum atomic E-state index is 12.5. The maximum absolute atomic E-state index is 12.5. The first kappa shape index (κ1) is 31.9. The van der Waals surface area contributed by atoms with E-state index in [4.69, 9.17) is 4.52 Å². The van der Waals surface area contributed by atoms with Gasteiger partial charge >= 0.3 is 7.60 Å². The van der Waals surface area contributed by atoms with Gasteiger partial charge < -0.3 is 13.9 Å². The lowest BCUT2D eigenvalue weighted by molar-refractivity contribution is -0.883. The fourth-order valence-electron chi connectivity index (χ4n) is 4.38. The van der Waals surface area contributed by atoms with Crippen LogP contribution in [0.4, 0.5) is 0 Å². The van der Waals surface area contributed by atoms with Gasteiger partial charge in [0.05, 0.1) is 27.7 Å². The van der Waals surface area contributed by atoms with Crippen molar-refractivity contribution in [2.75, 3.05) is 27.7 Å². The Morgan fingerprint density at radius 3 is 1.53 bits per heavy atom. The molecule has 0 heterocycles. The Morgan fingerprint density at radius 1 is 0.719 bits per heavy atom. The van der Waals surface area contributed by atoms with Crippen molar-refractivity contribution in [2.24, 2.45) is 0 Å². The van der Waals surface area contributed by atoms with Crippen molar-refractivity contribution >= 4 is 7.60 Å². The van der Waals surface area contributed by atoms with Gasteiger partial charge in [-0.15, -0.1) is 0 Å². The fourth-order valence-corrected chi connectivity index (χ4v) is 6.28. The van der Waals surface area contributed by atoms with Gasteiger partial charge in [-0.05, 0) is 32.1 Å². The topological polar surface area (TPSA) is 46.5 Å². The molecule has 0 aromatic heterocycles. The summed E-state index contributed by atoms with van der Waals surface area (Å²) in [7, 11) is 2.31. The van der Waals surface area contributed by atoms with Crippen LogP contribution in [0.1, 0.15) is 129 Å². The average Bonchev–Trinajstić information content (AvgIpc) is 2.71. The second kappa shape index (κ2) is 20.2. The number of allylic oxidation sites excluding steroid dienone is 2. The van der Waals surface area contributed by atoms with E-state index < -0.39 is 7.60 Å². The van der Waals surface area contributed by atoms with Gasteiger partial charge in [0.1, 0.15) is 0 Å². The molecule has 2 atom stereocenters. The zero-order valence-electron chi connectivity index (χ0n) is 22.3. The monoisotopic (exact) mass is 474 g/mol. The predicted octanol–water partition coefficient (Wildman–Crippen LogP) is 8.84. The summed E-state index contributed by atoms with van der Waals surface area (Å²) in [5, 5.41) is 0. The van der Waals surface area contributed by atoms with Crippen LogP contribution in [0.25, 0.3) is 0 Å². The van der Waals surface area contributed by atoms with E-state index in [9.17, 15) is 9.46 Å². The first-order valence-electron chi connectivity index (χ1n) is 13.7. The molecular weight excluding hydrogens is 417 g/mol. The van der Waals surface area contributed by atoms with Gasteiger partial charge in [-0.3, -0.25) is 4.57 Å². The van der Waals surface area contributed by atoms with Crippen molar-refractivity contribution in [3.05, 3.63) is 12.2 Å². The number of hydrogen-bond acceptors (Lipinski definition) is 2. The molecule has 0 fully saturated rings. The van der Waals surface area contributed by atoms with Crippen LogP contribution in [-0.4, -0.2) is 42.9 Å². The van der Waals surface area contributed by atoms with Gasteiger partial charge in [-0.1, -0.05) is 103 Å². The third-order valence-corrected chi connectivity index (χ3v) is 8.68. The van der Waals surface area contributed by atoms with Crippen LogP contribution in [0, 0.1) is 0 Å². The zero-order chi connectivity index (χ0) is 24.1. The number of rotatable bonds is 23. The Kier molecular flexibility index (Phi) is 20.1. The summed E-state index contributed by atoms with van der Waals surface area (Å²) >= 11 is 0. The first-order chi connectivity index (χ1) is 15.3. The third kappa shape index (κ3) is 18.3. The van der Waals surface area contributed by atoms with Crippen LogP contribution in [0.2, 0.25) is 0 Å². The summed E-state index contributed by atoms with van der Waals surface area (Å²) < 4.78 is 18.4. The Balaban J connectivity index is 3.43. The average molecular weight is 475 g/mol. The predicted molar refractivity (Wildman–Crippen MR) is 141 cm³/mol. The molecule has 5 heteroatoms. The van der Waals surface area contributed by atoms with E-state index in [1.807, 2.05) is 28.1 Å². The minimum absolute atomic E-state index is 0.348. The molecule has 0 amide bonds. The molecule has 0 bridgehead atoms. The highest BCUT2D eigenvalue weighted by Crippen LogP contribution is 2.51. The summed E-state index contributed by atoms with van der Waals surface area (Å²) in [5.74, 6) is -0.348. The van der Waals surface area contributed by atoms with Gasteiger partial charge in [-0.25, -0.2) is 0 Å². The van der Waals surface area contributed by atoms with Crippen molar-refractivity contribution in [1.82, 2.24) is 0 Å². The van der Waals surface area contributed by atoms with Crippen LogP contribution in [0.5, 0.6) is 0 Å². The van der Waals surface area contributed by atoms with Gasteiger partial charge in [0, 0.05) is 6.42 Å². The highest BCUT2D eigenvalue weighted by molar-refractivity contribution is 7.53. The molecule has 1 N–H and O–H groups in total. The Hall–Kier alpha value is -0.150. The quantitative estimate of drug-likeness (QED) is 0.0696. The normalized spacial score (nSPS) is 15.3. The SMILES string of the molecule is CCCCCCC=CCCCCCCCCCCCCCOP(=O)(O)C(CC)[N+](C)(C)C. The van der Waals surface area contributed by atoms with E-state index in [0.29, 0.717) is 17.5 Å². The van der Waals surface area contributed by atoms with Gasteiger partial charge in [0.2, 0.25) is 0 Å². The standard InChI is InChI=1S/C27H56NO3P/c1-6-8-9-10-11-12-13-14-15-16-17-18-19-20-21-22-23-24-25-26-31-32(29,30)27(7-2)28(3,4)5/h12-13,27H,6-11,14-26H2,1-5H3/p+1. The second-order valence-corrected chi connectivity index (χ2v) is 12.4. The van der Waals surface area contributed by atoms with Crippen LogP contribution in [0.3, 0.4) is 0 Å². The van der Waals surface area contributed by atoms with Crippen LogP contribution in [0.15, 0.2) is 12.2 Å². The first-order valence-corrected chi connectivity index (χ1v) is 15.3. The van der Waals surface area contributed by atoms with Gasteiger partial charge in [0.15, 0.2) is 5.78 Å². The Bertz CT molecular complexity index is 488. The molecule has 4 nitrogen and oxygen atoms in total. The highest BCUT2D eigenvalue weighted by atomic mass is 31.2. The van der Waals surface area contributed by atoms with E-state index in [1.54, 1.807) is 0 Å². The van der Waals surface area contributed by atoms with Crippen molar-refractivity contribution in [2.45, 2.75) is 135 Å². The number of nitrogens with zero attached hydrogens (tertiary/aromatic N) is 1. The zero-order valence-corrected chi connectivity index (χ0v) is 23.2. The Labute approximate surface area is 201 Å². The van der Waals surface area contributed by atoms with Gasteiger partial charge in [0.25, 0.3) is 0 Å². The smallest absolute Gasteiger partial charge is 0.320 e. The van der Waals surface area contributed by atoms with E-state index in [2.05, 4.69) is 19.1 Å². The second-order valence-electron chi connectivity index (χ2n) is 10.4. The summed E-state index contributed by atoms with van der Waals surface area (Å²) in [6.07, 6.45) is 27.4. The van der Waals surface area contributed by atoms with E-state index in [-0.39, 0.29) is 5.78 Å². The number of hydrogen-bond donors (Lipinski definition) is 1. The van der Waals surface area contributed by atoms with Crippen molar-refractivity contribution in [3.8, 4) is 0 Å². The molecular formula is C27H57NO3P+. The van der Waals surface area contributed by atoms with Crippen molar-refractivity contribution < 1.29 is 18.5 Å². The highest BCUT2D eigenvalue weighted by Gasteiger charge is 2.41. The molecule has 0 saturated carbocycles. The minimum atomic E-state index is -3.55. The molecule has 0 radical (unpaired) electrons. The summed E-state index contributed by atoms with van der Waals surface area (Å²) in [5.41, 5.74) is 0. The molecule has 0 aliphatic rings. The molecule has 0 saturated heterocycles. The molecule has 0 aromatic rings. The lowest BCUT2D eigenvalue weighted by Crippen LogP contribution is -2.44. The molecule has 0 aliphatic heterocycles. The number of quaternary nitrogens is 1. The van der Waals surface area contributed by atoms with E-state index in [1.165, 1.54) is 96.3 Å². The van der Waals surface area contributed by atoms with Crippen molar-refractivity contribution in [1.29, 1.82) is 0 Å². The van der Waals surface area contributed by atoms with Crippen LogP contribution >= 0.6 is 7.60 Å². The maximum Gasteiger partial charge on any atom is 0.385 e. The third-order valence-electron chi connectivity index (χ3n) is 6.32. The summed E-state index contributed by atoms with van der Waals surface area (Å²) in [4.78, 5) is 10.3. The molecule has 0 rings (SSSR count). The number of unbranched alkanes of at least 4 members (excludes halogenated alkanes) is 15. The van der Waals surface area contributed by atoms with E-state index >= 15 is 0 Å². The minimum Gasteiger partial charge on any atom is -0.320 e. The molecule has 192 valence electrons. The molecule has 0 aliphatic carbocycles. The lowest BCUT2D eigenvalue weighted by atomic mass is 10.0. The lowest BCUT2D eigenvalue weighted by Gasteiger charge is -2.35. The molecule has 0 spiro atoms. The van der Waals surface area contributed by atoms with E-state index in [0.717, 1.165) is 12.8 Å². The summed E-state index contributed by atoms with van der Waals surface area (Å²) in [6, 6.07) is 0. The van der Waals surface area contributed by atoms with Crippen LogP contribution in [-0.2, 0) is 9.09 Å².